The molecule has 0 aliphatic carbocycles. The van der Waals surface area contributed by atoms with Gasteiger partial charge >= 0.3 is 11.9 Å². The zero-order valence-corrected chi connectivity index (χ0v) is 22.3. The molecule has 0 unspecified atom stereocenters. The van der Waals surface area contributed by atoms with Gasteiger partial charge in [0.25, 0.3) is 5.69 Å². The Bertz CT molecular complexity index is 1370. The minimum atomic E-state index is -0.476. The largest absolute Gasteiger partial charge is 0.469 e. The maximum atomic E-state index is 11.9. The number of nitrogens with zero attached hydrogens (tertiary/aromatic N) is 5. The molecule has 0 aliphatic rings. The van der Waals surface area contributed by atoms with Gasteiger partial charge in [0.2, 0.25) is 11.0 Å². The number of aromatic nitrogens is 1. The van der Waals surface area contributed by atoms with Gasteiger partial charge in [-0.1, -0.05) is 12.1 Å². The SMILES string of the molecule is COC(=O)CCN(CCC(=O)OC)c1ccc(N=Nc2nc(-c3cccc([N+](=O)[O-])c3)cs2)c(NC(C)=O)c1. The Morgan fingerprint density at radius 1 is 1.05 bits per heavy atom. The number of ether oxygens (including phenoxy) is 2. The molecule has 14 heteroatoms. The fourth-order valence-corrected chi connectivity index (χ4v) is 4.09. The number of non-ortho nitro benzene ring substituents is 1. The van der Waals surface area contributed by atoms with Crippen LogP contribution < -0.4 is 10.2 Å². The molecule has 0 spiro atoms. The highest BCUT2D eigenvalue weighted by molar-refractivity contribution is 7.13. The third-order valence-corrected chi connectivity index (χ3v) is 6.10. The molecule has 3 aromatic rings. The van der Waals surface area contributed by atoms with Crippen LogP contribution in [0.4, 0.5) is 27.9 Å². The number of anilines is 2. The number of esters is 2. The van der Waals surface area contributed by atoms with Crippen molar-refractivity contribution in [2.24, 2.45) is 10.2 Å². The second-order valence-corrected chi connectivity index (χ2v) is 8.88. The molecular weight excluding hydrogens is 528 g/mol. The van der Waals surface area contributed by atoms with Gasteiger partial charge < -0.3 is 19.7 Å². The van der Waals surface area contributed by atoms with Crippen LogP contribution in [0.1, 0.15) is 19.8 Å². The van der Waals surface area contributed by atoms with Gasteiger partial charge in [-0.25, -0.2) is 4.98 Å². The lowest BCUT2D eigenvalue weighted by atomic mass is 10.1. The molecule has 1 aromatic heterocycles. The van der Waals surface area contributed by atoms with E-state index in [0.29, 0.717) is 33.5 Å². The van der Waals surface area contributed by atoms with E-state index in [2.05, 4.69) is 20.5 Å². The number of azo groups is 1. The summed E-state index contributed by atoms with van der Waals surface area (Å²) in [6.07, 6.45) is 0.178. The lowest BCUT2D eigenvalue weighted by Crippen LogP contribution is -2.29. The first-order valence-corrected chi connectivity index (χ1v) is 12.5. The standard InChI is InChI=1S/C25H26N6O7S/c1-16(32)26-21-14-18(30(11-9-23(33)37-2)12-10-24(34)38-3)7-8-20(21)28-29-25-27-22(15-39-25)17-5-4-6-19(13-17)31(35)36/h4-8,13-15H,9-12H2,1-3H3,(H,26,32). The topological polar surface area (TPSA) is 166 Å². The van der Waals surface area contributed by atoms with Gasteiger partial charge in [-0.3, -0.25) is 24.5 Å². The molecular formula is C25H26N6O7S. The van der Waals surface area contributed by atoms with Crippen LogP contribution in [0.5, 0.6) is 0 Å². The maximum absolute atomic E-state index is 11.9. The van der Waals surface area contributed by atoms with E-state index in [1.165, 1.54) is 44.6 Å². The first kappa shape index (κ1) is 28.8. The molecule has 0 aliphatic heterocycles. The van der Waals surface area contributed by atoms with Crippen LogP contribution >= 0.6 is 11.3 Å². The van der Waals surface area contributed by atoms with Crippen molar-refractivity contribution >= 4 is 57.1 Å². The summed E-state index contributed by atoms with van der Waals surface area (Å²) in [5.41, 5.74) is 2.39. The lowest BCUT2D eigenvalue weighted by molar-refractivity contribution is -0.384. The molecule has 0 saturated carbocycles. The molecule has 2 aromatic carbocycles. The minimum Gasteiger partial charge on any atom is -0.469 e. The van der Waals surface area contributed by atoms with Gasteiger partial charge in [0, 0.05) is 48.8 Å². The van der Waals surface area contributed by atoms with Crippen LogP contribution in [-0.4, -0.2) is 55.1 Å². The fraction of sp³-hybridized carbons (Fsp3) is 0.280. The maximum Gasteiger partial charge on any atom is 0.307 e. The monoisotopic (exact) mass is 554 g/mol. The summed E-state index contributed by atoms with van der Waals surface area (Å²) < 4.78 is 9.44. The van der Waals surface area contributed by atoms with Crippen molar-refractivity contribution in [1.82, 2.24) is 4.98 Å². The summed E-state index contributed by atoms with van der Waals surface area (Å²) in [5.74, 6) is -1.14. The van der Waals surface area contributed by atoms with Gasteiger partial charge in [0.1, 0.15) is 5.69 Å². The quantitative estimate of drug-likeness (QED) is 0.140. The average Bonchev–Trinajstić information content (AvgIpc) is 3.41. The van der Waals surface area contributed by atoms with E-state index in [0.717, 1.165) is 0 Å². The van der Waals surface area contributed by atoms with Crippen molar-refractivity contribution in [3.8, 4) is 11.3 Å². The van der Waals surface area contributed by atoms with E-state index in [-0.39, 0.29) is 37.5 Å². The van der Waals surface area contributed by atoms with Gasteiger partial charge in [-0.05, 0) is 18.2 Å². The van der Waals surface area contributed by atoms with E-state index in [4.69, 9.17) is 9.47 Å². The smallest absolute Gasteiger partial charge is 0.307 e. The second-order valence-electron chi connectivity index (χ2n) is 8.04. The molecule has 0 atom stereocenters. The zero-order chi connectivity index (χ0) is 28.4. The summed E-state index contributed by atoms with van der Waals surface area (Å²) in [4.78, 5) is 52.1. The van der Waals surface area contributed by atoms with E-state index >= 15 is 0 Å². The molecule has 39 heavy (non-hydrogen) atoms. The van der Waals surface area contributed by atoms with E-state index in [1.807, 2.05) is 0 Å². The Hall–Kier alpha value is -4.72. The Labute approximate surface area is 227 Å². The van der Waals surface area contributed by atoms with Crippen LogP contribution in [0.2, 0.25) is 0 Å². The summed E-state index contributed by atoms with van der Waals surface area (Å²) >= 11 is 1.20. The van der Waals surface area contributed by atoms with Gasteiger partial charge in [-0.15, -0.1) is 21.6 Å². The van der Waals surface area contributed by atoms with Crippen molar-refractivity contribution in [2.45, 2.75) is 19.8 Å². The number of hydrogen-bond donors (Lipinski definition) is 1. The summed E-state index contributed by atoms with van der Waals surface area (Å²) in [5, 5.41) is 24.2. The van der Waals surface area contributed by atoms with Crippen molar-refractivity contribution in [2.75, 3.05) is 37.5 Å². The summed E-state index contributed by atoms with van der Waals surface area (Å²) in [6, 6.07) is 11.1. The first-order valence-electron chi connectivity index (χ1n) is 11.6. The van der Waals surface area contributed by atoms with Crippen LogP contribution in [0.15, 0.2) is 58.1 Å². The number of hydrogen-bond acceptors (Lipinski definition) is 12. The molecule has 204 valence electrons. The van der Waals surface area contributed by atoms with Gasteiger partial charge in [-0.2, -0.15) is 0 Å². The number of methoxy groups -OCH3 is 2. The van der Waals surface area contributed by atoms with Crippen molar-refractivity contribution in [3.63, 3.8) is 0 Å². The molecule has 1 heterocycles. The number of thiazole rings is 1. The third-order valence-electron chi connectivity index (χ3n) is 5.37. The lowest BCUT2D eigenvalue weighted by Gasteiger charge is -2.25. The van der Waals surface area contributed by atoms with Crippen LogP contribution in [0, 0.1) is 10.1 Å². The van der Waals surface area contributed by atoms with Crippen LogP contribution in [-0.2, 0) is 23.9 Å². The normalized spacial score (nSPS) is 10.7. The molecule has 3 rings (SSSR count). The van der Waals surface area contributed by atoms with Gasteiger partial charge in [0.15, 0.2) is 0 Å². The highest BCUT2D eigenvalue weighted by atomic mass is 32.1. The number of nitro groups is 1. The molecule has 0 radical (unpaired) electrons. The molecule has 1 amide bonds. The Morgan fingerprint density at radius 3 is 2.36 bits per heavy atom. The average molecular weight is 555 g/mol. The third kappa shape index (κ3) is 8.39. The Balaban J connectivity index is 1.86. The molecule has 13 nitrogen and oxygen atoms in total. The van der Waals surface area contributed by atoms with Crippen LogP contribution in [0.3, 0.4) is 0 Å². The number of amides is 1. The summed E-state index contributed by atoms with van der Waals surface area (Å²) in [7, 11) is 2.59. The number of carbonyl (C=O) groups is 3. The predicted octanol–water partition coefficient (Wildman–Crippen LogP) is 5.02. The van der Waals surface area contributed by atoms with Gasteiger partial charge in [0.05, 0.1) is 43.4 Å². The highest BCUT2D eigenvalue weighted by Gasteiger charge is 2.15. The fourth-order valence-electron chi connectivity index (χ4n) is 3.44. The minimum absolute atomic E-state index is 0.0454. The number of carbonyl (C=O) groups excluding carboxylic acids is 3. The molecule has 0 fully saturated rings. The Morgan fingerprint density at radius 2 is 1.74 bits per heavy atom. The van der Waals surface area contributed by atoms with Crippen LogP contribution in [0.25, 0.3) is 11.3 Å². The molecule has 1 N–H and O–H groups in total. The highest BCUT2D eigenvalue weighted by Crippen LogP contribution is 2.34. The molecule has 0 saturated heterocycles. The number of rotatable bonds is 12. The van der Waals surface area contributed by atoms with Crippen molar-refractivity contribution in [3.05, 3.63) is 58.0 Å². The van der Waals surface area contributed by atoms with Crippen molar-refractivity contribution in [1.29, 1.82) is 0 Å². The predicted molar refractivity (Wildman–Crippen MR) is 145 cm³/mol. The number of nitrogens with one attached hydrogen (secondary N) is 1. The molecule has 0 bridgehead atoms. The summed E-state index contributed by atoms with van der Waals surface area (Å²) in [6.45, 7) is 1.89. The zero-order valence-electron chi connectivity index (χ0n) is 21.4. The number of nitro benzene ring substituents is 1. The second kappa shape index (κ2) is 13.7. The Kier molecular flexibility index (Phi) is 10.1. The van der Waals surface area contributed by atoms with E-state index in [9.17, 15) is 24.5 Å². The van der Waals surface area contributed by atoms with Crippen molar-refractivity contribution < 1.29 is 28.8 Å². The number of benzene rings is 2. The van der Waals surface area contributed by atoms with E-state index < -0.39 is 16.9 Å². The van der Waals surface area contributed by atoms with E-state index in [1.54, 1.807) is 40.6 Å². The first-order chi connectivity index (χ1) is 18.7.